The number of hydrogen-bond donors (Lipinski definition) is 0. The summed E-state index contributed by atoms with van der Waals surface area (Å²) in [6.07, 6.45) is 1.69. The van der Waals surface area contributed by atoms with Crippen LogP contribution in [0, 0.1) is 0 Å². The highest BCUT2D eigenvalue weighted by Crippen LogP contribution is 2.34. The number of fused-ring (bicyclic) bond motifs is 1. The van der Waals surface area contributed by atoms with Crippen molar-refractivity contribution < 1.29 is 23.7 Å². The fourth-order valence-corrected chi connectivity index (χ4v) is 2.27. The lowest BCUT2D eigenvalue weighted by molar-refractivity contribution is 0.0510. The molecule has 1 aliphatic rings. The van der Waals surface area contributed by atoms with Crippen molar-refractivity contribution in [1.82, 2.24) is 0 Å². The molecule has 5 heteroatoms. The maximum atomic E-state index is 12.5. The molecule has 5 nitrogen and oxygen atoms in total. The molecule has 0 N–H and O–H groups in total. The summed E-state index contributed by atoms with van der Waals surface area (Å²) in [5.74, 6) is 1.90. The molecule has 0 aromatic heterocycles. The predicted octanol–water partition coefficient (Wildman–Crippen LogP) is 3.29. The third kappa shape index (κ3) is 3.19. The zero-order valence-corrected chi connectivity index (χ0v) is 12.9. The van der Waals surface area contributed by atoms with Crippen LogP contribution in [0.4, 0.5) is 0 Å². The standard InChI is InChI=1S/C18H16O5/c1-20-11-22-14-6-7-16-15(10-14)18(19)17(23-16)9-12-4-3-5-13(8-12)21-2/h3-10H,11H2,1-2H3/b17-9-. The molecule has 1 aliphatic heterocycles. The summed E-state index contributed by atoms with van der Waals surface area (Å²) in [4.78, 5) is 12.5. The third-order valence-corrected chi connectivity index (χ3v) is 3.37. The number of hydrogen-bond acceptors (Lipinski definition) is 5. The first-order valence-corrected chi connectivity index (χ1v) is 7.05. The first kappa shape index (κ1) is 15.1. The smallest absolute Gasteiger partial charge is 0.232 e. The Kier molecular flexibility index (Phi) is 4.30. The van der Waals surface area contributed by atoms with Crippen LogP contribution in [0.15, 0.2) is 48.2 Å². The van der Waals surface area contributed by atoms with Gasteiger partial charge < -0.3 is 18.9 Å². The topological polar surface area (TPSA) is 54.0 Å². The van der Waals surface area contributed by atoms with Gasteiger partial charge in [-0.25, -0.2) is 0 Å². The van der Waals surface area contributed by atoms with Crippen LogP contribution in [-0.4, -0.2) is 26.8 Å². The van der Waals surface area contributed by atoms with Crippen LogP contribution in [-0.2, 0) is 4.74 Å². The molecule has 0 aliphatic carbocycles. The average Bonchev–Trinajstić information content (AvgIpc) is 2.89. The Hall–Kier alpha value is -2.79. The lowest BCUT2D eigenvalue weighted by Crippen LogP contribution is -2.00. The van der Waals surface area contributed by atoms with Crippen LogP contribution in [0.2, 0.25) is 0 Å². The number of methoxy groups -OCH3 is 2. The Morgan fingerprint density at radius 3 is 2.74 bits per heavy atom. The van der Waals surface area contributed by atoms with E-state index in [1.54, 1.807) is 31.4 Å². The SMILES string of the molecule is COCOc1ccc2c(c1)C(=O)/C(=C/c1cccc(OC)c1)O2. The van der Waals surface area contributed by atoms with E-state index in [4.69, 9.17) is 18.9 Å². The number of ketones is 1. The summed E-state index contributed by atoms with van der Waals surface area (Å²) in [7, 11) is 3.14. The lowest BCUT2D eigenvalue weighted by atomic mass is 10.1. The van der Waals surface area contributed by atoms with Crippen LogP contribution >= 0.6 is 0 Å². The van der Waals surface area contributed by atoms with Crippen molar-refractivity contribution >= 4 is 11.9 Å². The number of benzene rings is 2. The van der Waals surface area contributed by atoms with E-state index in [1.165, 1.54) is 7.11 Å². The Labute approximate surface area is 134 Å². The maximum absolute atomic E-state index is 12.5. The molecular weight excluding hydrogens is 296 g/mol. The Morgan fingerprint density at radius 1 is 1.09 bits per heavy atom. The molecule has 0 saturated carbocycles. The van der Waals surface area contributed by atoms with Gasteiger partial charge in [-0.05, 0) is 42.0 Å². The summed E-state index contributed by atoms with van der Waals surface area (Å²) in [5.41, 5.74) is 1.31. The normalized spacial score (nSPS) is 14.5. The first-order chi connectivity index (χ1) is 11.2. The van der Waals surface area contributed by atoms with E-state index < -0.39 is 0 Å². The van der Waals surface area contributed by atoms with Gasteiger partial charge in [-0.2, -0.15) is 0 Å². The summed E-state index contributed by atoms with van der Waals surface area (Å²) >= 11 is 0. The molecule has 0 amide bonds. The van der Waals surface area contributed by atoms with E-state index in [-0.39, 0.29) is 18.3 Å². The summed E-state index contributed by atoms with van der Waals surface area (Å²) in [6, 6.07) is 12.5. The summed E-state index contributed by atoms with van der Waals surface area (Å²) in [5, 5.41) is 0. The second-order valence-corrected chi connectivity index (χ2v) is 4.93. The zero-order valence-electron chi connectivity index (χ0n) is 12.9. The maximum Gasteiger partial charge on any atom is 0.232 e. The van der Waals surface area contributed by atoms with Crippen molar-refractivity contribution in [3.05, 3.63) is 59.4 Å². The fourth-order valence-electron chi connectivity index (χ4n) is 2.27. The van der Waals surface area contributed by atoms with E-state index >= 15 is 0 Å². The van der Waals surface area contributed by atoms with Crippen LogP contribution in [0.25, 0.3) is 6.08 Å². The zero-order chi connectivity index (χ0) is 16.2. The molecule has 118 valence electrons. The van der Waals surface area contributed by atoms with Crippen molar-refractivity contribution in [2.24, 2.45) is 0 Å². The molecule has 0 bridgehead atoms. The van der Waals surface area contributed by atoms with Gasteiger partial charge in [0.15, 0.2) is 12.6 Å². The van der Waals surface area contributed by atoms with Gasteiger partial charge in [0.1, 0.15) is 17.2 Å². The molecule has 2 aromatic carbocycles. The number of rotatable bonds is 5. The highest BCUT2D eigenvalue weighted by molar-refractivity contribution is 6.14. The fraction of sp³-hybridized carbons (Fsp3) is 0.167. The number of carbonyl (C=O) groups excluding carboxylic acids is 1. The molecule has 1 heterocycles. The van der Waals surface area contributed by atoms with E-state index in [9.17, 15) is 4.79 Å². The molecule has 0 saturated heterocycles. The molecule has 0 radical (unpaired) electrons. The van der Waals surface area contributed by atoms with Gasteiger partial charge in [0, 0.05) is 7.11 Å². The van der Waals surface area contributed by atoms with Crippen LogP contribution in [0.3, 0.4) is 0 Å². The van der Waals surface area contributed by atoms with Gasteiger partial charge in [-0.3, -0.25) is 4.79 Å². The third-order valence-electron chi connectivity index (χ3n) is 3.37. The highest BCUT2D eigenvalue weighted by Gasteiger charge is 2.27. The Balaban J connectivity index is 1.86. The van der Waals surface area contributed by atoms with Crippen LogP contribution < -0.4 is 14.2 Å². The number of allylic oxidation sites excluding steroid dienone is 1. The highest BCUT2D eigenvalue weighted by atomic mass is 16.7. The molecule has 3 rings (SSSR count). The van der Waals surface area contributed by atoms with Crippen molar-refractivity contribution in [2.75, 3.05) is 21.0 Å². The van der Waals surface area contributed by atoms with E-state index in [0.717, 1.165) is 11.3 Å². The Bertz CT molecular complexity index is 764. The lowest BCUT2D eigenvalue weighted by Gasteiger charge is -2.04. The minimum absolute atomic E-state index is 0.125. The largest absolute Gasteiger partial charge is 0.497 e. The Morgan fingerprint density at radius 2 is 1.96 bits per heavy atom. The molecule has 2 aromatic rings. The number of Topliss-reactive ketones (excluding diaryl/α,β-unsaturated/α-hetero) is 1. The molecule has 0 unspecified atom stereocenters. The van der Waals surface area contributed by atoms with Crippen LogP contribution in [0.5, 0.6) is 17.2 Å². The van der Waals surface area contributed by atoms with E-state index in [0.29, 0.717) is 17.1 Å². The van der Waals surface area contributed by atoms with Crippen LogP contribution in [0.1, 0.15) is 15.9 Å². The molecule has 0 fully saturated rings. The van der Waals surface area contributed by atoms with Gasteiger partial charge in [0.25, 0.3) is 0 Å². The van der Waals surface area contributed by atoms with Crippen molar-refractivity contribution in [3.63, 3.8) is 0 Å². The van der Waals surface area contributed by atoms with Gasteiger partial charge >= 0.3 is 0 Å². The molecule has 23 heavy (non-hydrogen) atoms. The minimum Gasteiger partial charge on any atom is -0.497 e. The summed E-state index contributed by atoms with van der Waals surface area (Å²) < 4.78 is 21.0. The molecule has 0 spiro atoms. The average molecular weight is 312 g/mol. The monoisotopic (exact) mass is 312 g/mol. The van der Waals surface area contributed by atoms with Gasteiger partial charge in [-0.15, -0.1) is 0 Å². The van der Waals surface area contributed by atoms with Gasteiger partial charge in [-0.1, -0.05) is 12.1 Å². The predicted molar refractivity (Wildman–Crippen MR) is 84.9 cm³/mol. The van der Waals surface area contributed by atoms with Crippen molar-refractivity contribution in [1.29, 1.82) is 0 Å². The summed E-state index contributed by atoms with van der Waals surface area (Å²) in [6.45, 7) is 0.125. The van der Waals surface area contributed by atoms with Crippen molar-refractivity contribution in [3.8, 4) is 17.2 Å². The van der Waals surface area contributed by atoms with Crippen molar-refractivity contribution in [2.45, 2.75) is 0 Å². The molecule has 0 atom stereocenters. The van der Waals surface area contributed by atoms with Gasteiger partial charge in [0.05, 0.1) is 12.7 Å². The second kappa shape index (κ2) is 6.54. The van der Waals surface area contributed by atoms with Gasteiger partial charge in [0.2, 0.25) is 5.78 Å². The van der Waals surface area contributed by atoms with E-state index in [1.807, 2.05) is 24.3 Å². The molecular formula is C18H16O5. The van der Waals surface area contributed by atoms with E-state index in [2.05, 4.69) is 0 Å². The first-order valence-electron chi connectivity index (χ1n) is 7.05. The number of carbonyl (C=O) groups is 1. The second-order valence-electron chi connectivity index (χ2n) is 4.93. The minimum atomic E-state index is -0.175. The number of ether oxygens (including phenoxy) is 4. The quantitative estimate of drug-likeness (QED) is 0.626.